The average Bonchev–Trinajstić information content (AvgIpc) is 2.66. The van der Waals surface area contributed by atoms with E-state index in [-0.39, 0.29) is 5.41 Å². The lowest BCUT2D eigenvalue weighted by atomic mass is 9.92. The van der Waals surface area contributed by atoms with Gasteiger partial charge >= 0.3 is 0 Å². The van der Waals surface area contributed by atoms with Crippen LogP contribution in [-0.4, -0.2) is 23.1 Å². The zero-order chi connectivity index (χ0) is 13.9. The number of hydrogen-bond acceptors (Lipinski definition) is 5. The van der Waals surface area contributed by atoms with Crippen molar-refractivity contribution in [3.63, 3.8) is 0 Å². The van der Waals surface area contributed by atoms with E-state index in [1.807, 2.05) is 6.07 Å². The number of rotatable bonds is 2. The van der Waals surface area contributed by atoms with E-state index in [0.717, 1.165) is 24.7 Å². The van der Waals surface area contributed by atoms with Crippen molar-refractivity contribution in [2.24, 2.45) is 5.84 Å². The topological polar surface area (TPSA) is 67.1 Å². The Morgan fingerprint density at radius 1 is 1.11 bits per heavy atom. The SMILES string of the molecule is CC(C)(C)c1cc(NN)nc(N2CCCCCC2)n1. The molecule has 1 fully saturated rings. The van der Waals surface area contributed by atoms with E-state index >= 15 is 0 Å². The number of anilines is 2. The Morgan fingerprint density at radius 3 is 2.26 bits per heavy atom. The van der Waals surface area contributed by atoms with Gasteiger partial charge in [-0.2, -0.15) is 4.98 Å². The predicted molar refractivity (Wildman–Crippen MR) is 79.2 cm³/mol. The molecule has 5 nitrogen and oxygen atoms in total. The predicted octanol–water partition coefficient (Wildman–Crippen LogP) is 2.44. The van der Waals surface area contributed by atoms with Crippen LogP contribution in [0.2, 0.25) is 0 Å². The van der Waals surface area contributed by atoms with Gasteiger partial charge in [-0.15, -0.1) is 0 Å². The molecule has 0 aromatic carbocycles. The van der Waals surface area contributed by atoms with E-state index in [0.29, 0.717) is 5.82 Å². The van der Waals surface area contributed by atoms with Crippen molar-refractivity contribution in [2.75, 3.05) is 23.4 Å². The minimum atomic E-state index is -0.00482. The zero-order valence-electron chi connectivity index (χ0n) is 12.2. The van der Waals surface area contributed by atoms with Crippen molar-refractivity contribution in [1.82, 2.24) is 9.97 Å². The molecule has 19 heavy (non-hydrogen) atoms. The summed E-state index contributed by atoms with van der Waals surface area (Å²) in [6.45, 7) is 8.54. The smallest absolute Gasteiger partial charge is 0.227 e. The molecule has 0 saturated carbocycles. The van der Waals surface area contributed by atoms with Gasteiger partial charge in [0.05, 0.1) is 5.69 Å². The summed E-state index contributed by atoms with van der Waals surface area (Å²) < 4.78 is 0. The number of nitrogens with zero attached hydrogens (tertiary/aromatic N) is 3. The Balaban J connectivity index is 2.33. The molecule has 0 bridgehead atoms. The van der Waals surface area contributed by atoms with Gasteiger partial charge in [-0.3, -0.25) is 0 Å². The first-order valence-corrected chi connectivity index (χ1v) is 7.12. The molecule has 5 heteroatoms. The van der Waals surface area contributed by atoms with E-state index in [1.165, 1.54) is 25.7 Å². The fourth-order valence-corrected chi connectivity index (χ4v) is 2.30. The van der Waals surface area contributed by atoms with Gasteiger partial charge in [-0.25, -0.2) is 10.8 Å². The van der Waals surface area contributed by atoms with Crippen LogP contribution in [0.4, 0.5) is 11.8 Å². The van der Waals surface area contributed by atoms with Crippen LogP contribution >= 0.6 is 0 Å². The lowest BCUT2D eigenvalue weighted by Crippen LogP contribution is -2.28. The van der Waals surface area contributed by atoms with Gasteiger partial charge in [0.1, 0.15) is 5.82 Å². The average molecular weight is 263 g/mol. The molecule has 1 aromatic rings. The van der Waals surface area contributed by atoms with E-state index in [4.69, 9.17) is 10.8 Å². The summed E-state index contributed by atoms with van der Waals surface area (Å²) >= 11 is 0. The number of nitrogens with one attached hydrogen (secondary N) is 1. The molecule has 1 aliphatic rings. The summed E-state index contributed by atoms with van der Waals surface area (Å²) in [5.74, 6) is 7.03. The zero-order valence-corrected chi connectivity index (χ0v) is 12.2. The first-order chi connectivity index (χ1) is 9.00. The molecule has 1 aliphatic heterocycles. The van der Waals surface area contributed by atoms with Crippen molar-refractivity contribution in [3.05, 3.63) is 11.8 Å². The number of nitrogen functional groups attached to an aromatic ring is 1. The van der Waals surface area contributed by atoms with Gasteiger partial charge in [0, 0.05) is 24.6 Å². The lowest BCUT2D eigenvalue weighted by molar-refractivity contribution is 0.565. The summed E-state index contributed by atoms with van der Waals surface area (Å²) in [5, 5.41) is 0. The van der Waals surface area contributed by atoms with Gasteiger partial charge in [-0.1, -0.05) is 33.6 Å². The lowest BCUT2D eigenvalue weighted by Gasteiger charge is -2.24. The van der Waals surface area contributed by atoms with Crippen molar-refractivity contribution in [2.45, 2.75) is 51.9 Å². The van der Waals surface area contributed by atoms with Gasteiger partial charge in [0.2, 0.25) is 5.95 Å². The molecule has 2 rings (SSSR count). The molecule has 1 saturated heterocycles. The first-order valence-electron chi connectivity index (χ1n) is 7.12. The first kappa shape index (κ1) is 14.1. The van der Waals surface area contributed by atoms with Crippen molar-refractivity contribution >= 4 is 11.8 Å². The molecule has 3 N–H and O–H groups in total. The molecule has 1 aromatic heterocycles. The Kier molecular flexibility index (Phi) is 4.24. The van der Waals surface area contributed by atoms with Gasteiger partial charge in [-0.05, 0) is 12.8 Å². The second-order valence-corrected chi connectivity index (χ2v) is 6.23. The number of hydrogen-bond donors (Lipinski definition) is 2. The maximum atomic E-state index is 5.53. The van der Waals surface area contributed by atoms with Crippen LogP contribution in [0, 0.1) is 0 Å². The van der Waals surface area contributed by atoms with E-state index in [1.54, 1.807) is 0 Å². The van der Waals surface area contributed by atoms with Gasteiger partial charge in [0.25, 0.3) is 0 Å². The Labute approximate surface area is 115 Å². The summed E-state index contributed by atoms with van der Waals surface area (Å²) in [6.07, 6.45) is 5.04. The highest BCUT2D eigenvalue weighted by molar-refractivity contribution is 5.44. The van der Waals surface area contributed by atoms with E-state index < -0.39 is 0 Å². The highest BCUT2D eigenvalue weighted by Gasteiger charge is 2.20. The van der Waals surface area contributed by atoms with Crippen molar-refractivity contribution < 1.29 is 0 Å². The normalized spacial score (nSPS) is 17.2. The molecule has 106 valence electrons. The standard InChI is InChI=1S/C14H25N5/c1-14(2,3)11-10-12(18-15)17-13(16-11)19-8-6-4-5-7-9-19/h10H,4-9,15H2,1-3H3,(H,16,17,18). The maximum Gasteiger partial charge on any atom is 0.227 e. The second kappa shape index (κ2) is 5.74. The molecule has 0 atom stereocenters. The monoisotopic (exact) mass is 263 g/mol. The fraction of sp³-hybridized carbons (Fsp3) is 0.714. The molecule has 2 heterocycles. The largest absolute Gasteiger partial charge is 0.341 e. The fourth-order valence-electron chi connectivity index (χ4n) is 2.30. The minimum absolute atomic E-state index is 0.00482. The van der Waals surface area contributed by atoms with Gasteiger partial charge in [0.15, 0.2) is 0 Å². The van der Waals surface area contributed by atoms with Crippen LogP contribution in [-0.2, 0) is 5.41 Å². The Hall–Kier alpha value is -1.36. The summed E-state index contributed by atoms with van der Waals surface area (Å²) in [6, 6.07) is 1.93. The van der Waals surface area contributed by atoms with Crippen LogP contribution < -0.4 is 16.2 Å². The second-order valence-electron chi connectivity index (χ2n) is 6.23. The van der Waals surface area contributed by atoms with Crippen molar-refractivity contribution in [1.29, 1.82) is 0 Å². The van der Waals surface area contributed by atoms with E-state index in [2.05, 4.69) is 36.1 Å². The van der Waals surface area contributed by atoms with Crippen LogP contribution in [0.15, 0.2) is 6.07 Å². The number of nitrogens with two attached hydrogens (primary N) is 1. The molecule has 0 aliphatic carbocycles. The highest BCUT2D eigenvalue weighted by atomic mass is 15.3. The summed E-state index contributed by atoms with van der Waals surface area (Å²) in [5.41, 5.74) is 3.67. The van der Waals surface area contributed by atoms with Crippen LogP contribution in [0.5, 0.6) is 0 Å². The maximum absolute atomic E-state index is 5.53. The van der Waals surface area contributed by atoms with Crippen molar-refractivity contribution in [3.8, 4) is 0 Å². The Morgan fingerprint density at radius 2 is 1.74 bits per heavy atom. The van der Waals surface area contributed by atoms with Crippen LogP contribution in [0.3, 0.4) is 0 Å². The van der Waals surface area contributed by atoms with Crippen LogP contribution in [0.25, 0.3) is 0 Å². The third-order valence-corrected chi connectivity index (χ3v) is 3.52. The van der Waals surface area contributed by atoms with Crippen LogP contribution in [0.1, 0.15) is 52.1 Å². The molecule has 0 radical (unpaired) electrons. The summed E-state index contributed by atoms with van der Waals surface area (Å²) in [7, 11) is 0. The molecule has 0 unspecified atom stereocenters. The third-order valence-electron chi connectivity index (χ3n) is 3.52. The molecular formula is C14H25N5. The quantitative estimate of drug-likeness (QED) is 0.633. The number of aromatic nitrogens is 2. The molecular weight excluding hydrogens is 238 g/mol. The molecule has 0 amide bonds. The minimum Gasteiger partial charge on any atom is -0.341 e. The molecule has 0 spiro atoms. The van der Waals surface area contributed by atoms with E-state index in [9.17, 15) is 0 Å². The highest BCUT2D eigenvalue weighted by Crippen LogP contribution is 2.25. The van der Waals surface area contributed by atoms with Gasteiger partial charge < -0.3 is 10.3 Å². The number of hydrazine groups is 1. The third kappa shape index (κ3) is 3.56. The Bertz CT molecular complexity index is 416. The summed E-state index contributed by atoms with van der Waals surface area (Å²) in [4.78, 5) is 11.5.